The number of hydrogen-bond acceptors (Lipinski definition) is 6. The summed E-state index contributed by atoms with van der Waals surface area (Å²) in [7, 11) is 0. The van der Waals surface area contributed by atoms with E-state index in [0.717, 1.165) is 32.4 Å². The van der Waals surface area contributed by atoms with Crippen molar-refractivity contribution in [1.82, 2.24) is 20.3 Å². The van der Waals surface area contributed by atoms with Crippen LogP contribution in [0, 0.1) is 5.92 Å². The summed E-state index contributed by atoms with van der Waals surface area (Å²) >= 11 is 0. The molecule has 0 aromatic carbocycles. The number of hydrogen-bond donors (Lipinski definition) is 2. The fourth-order valence-electron chi connectivity index (χ4n) is 4.42. The fraction of sp³-hybridized carbons (Fsp3) is 0.647. The molecule has 0 radical (unpaired) electrons. The fourth-order valence-corrected chi connectivity index (χ4v) is 4.42. The standard InChI is InChI=1S/C17H23N5O3/c23-15(20-25)12-7-18-17(19-8-12)22-10-13-6-14(22)9-21(13)16(24)11-4-2-1-3-5-11/h7-8,11,13-14,25H,1-6,9-10H2,(H,20,23)/t13-,14-/m0/s1. The van der Waals surface area contributed by atoms with Gasteiger partial charge in [-0.2, -0.15) is 0 Å². The number of rotatable bonds is 3. The van der Waals surface area contributed by atoms with E-state index in [-0.39, 0.29) is 23.6 Å². The number of carbonyl (C=O) groups excluding carboxylic acids is 2. The summed E-state index contributed by atoms with van der Waals surface area (Å²) in [5.74, 6) is 0.502. The first-order valence-corrected chi connectivity index (χ1v) is 9.01. The molecule has 25 heavy (non-hydrogen) atoms. The van der Waals surface area contributed by atoms with Gasteiger partial charge in [-0.3, -0.25) is 14.8 Å². The Kier molecular flexibility index (Phi) is 4.29. The minimum absolute atomic E-state index is 0.213. The van der Waals surface area contributed by atoms with E-state index in [1.165, 1.54) is 31.7 Å². The summed E-state index contributed by atoms with van der Waals surface area (Å²) in [6.45, 7) is 1.48. The third kappa shape index (κ3) is 2.95. The highest BCUT2D eigenvalue weighted by molar-refractivity contribution is 5.92. The van der Waals surface area contributed by atoms with Crippen LogP contribution in [0.25, 0.3) is 0 Å². The van der Waals surface area contributed by atoms with Crippen molar-refractivity contribution >= 4 is 17.8 Å². The van der Waals surface area contributed by atoms with Crippen molar-refractivity contribution in [3.05, 3.63) is 18.0 Å². The van der Waals surface area contributed by atoms with Crippen molar-refractivity contribution in [3.63, 3.8) is 0 Å². The number of anilines is 1. The average molecular weight is 345 g/mol. The van der Waals surface area contributed by atoms with Gasteiger partial charge in [-0.1, -0.05) is 19.3 Å². The highest BCUT2D eigenvalue weighted by Crippen LogP contribution is 2.35. The van der Waals surface area contributed by atoms with Gasteiger partial charge in [0.25, 0.3) is 5.91 Å². The van der Waals surface area contributed by atoms with Crippen molar-refractivity contribution in [2.24, 2.45) is 5.92 Å². The molecule has 0 spiro atoms. The van der Waals surface area contributed by atoms with Crippen LogP contribution in [0.2, 0.25) is 0 Å². The number of aromatic nitrogens is 2. The zero-order chi connectivity index (χ0) is 17.4. The number of piperazine rings is 1. The smallest absolute Gasteiger partial charge is 0.277 e. The molecule has 0 unspecified atom stereocenters. The summed E-state index contributed by atoms with van der Waals surface area (Å²) in [5.41, 5.74) is 1.78. The Morgan fingerprint density at radius 1 is 1.08 bits per heavy atom. The summed E-state index contributed by atoms with van der Waals surface area (Å²) in [4.78, 5) is 36.8. The molecule has 1 saturated carbocycles. The SMILES string of the molecule is O=C(NO)c1cnc(N2C[C@@H]3C[C@H]2CN3C(=O)C2CCCCC2)nc1. The van der Waals surface area contributed by atoms with E-state index in [0.29, 0.717) is 11.9 Å². The molecule has 2 amide bonds. The quantitative estimate of drug-likeness (QED) is 0.625. The predicted molar refractivity (Wildman–Crippen MR) is 89.1 cm³/mol. The van der Waals surface area contributed by atoms with Crippen LogP contribution >= 0.6 is 0 Å². The number of nitrogens with one attached hydrogen (secondary N) is 1. The van der Waals surface area contributed by atoms with Crippen molar-refractivity contribution < 1.29 is 14.8 Å². The first-order valence-electron chi connectivity index (χ1n) is 9.01. The first kappa shape index (κ1) is 16.3. The molecule has 2 atom stereocenters. The van der Waals surface area contributed by atoms with Crippen LogP contribution in [0.15, 0.2) is 12.4 Å². The van der Waals surface area contributed by atoms with Gasteiger partial charge in [0.05, 0.1) is 17.6 Å². The molecule has 1 aliphatic carbocycles. The van der Waals surface area contributed by atoms with E-state index in [4.69, 9.17) is 5.21 Å². The van der Waals surface area contributed by atoms with Gasteiger partial charge in [-0.25, -0.2) is 15.4 Å². The number of nitrogens with zero attached hydrogens (tertiary/aromatic N) is 4. The van der Waals surface area contributed by atoms with Crippen LogP contribution in [0.5, 0.6) is 0 Å². The van der Waals surface area contributed by atoms with E-state index in [1.54, 1.807) is 5.48 Å². The molecule has 4 rings (SSSR count). The zero-order valence-corrected chi connectivity index (χ0v) is 14.1. The lowest BCUT2D eigenvalue weighted by Gasteiger charge is -2.36. The van der Waals surface area contributed by atoms with Gasteiger partial charge in [0.1, 0.15) is 0 Å². The number of carbonyl (C=O) groups is 2. The van der Waals surface area contributed by atoms with Crippen LogP contribution in [0.3, 0.4) is 0 Å². The Balaban J connectivity index is 1.41. The Labute approximate surface area is 146 Å². The topological polar surface area (TPSA) is 98.7 Å². The van der Waals surface area contributed by atoms with Gasteiger partial charge in [-0.05, 0) is 19.3 Å². The lowest BCUT2D eigenvalue weighted by molar-refractivity contribution is -0.137. The highest BCUT2D eigenvalue weighted by Gasteiger charge is 2.47. The van der Waals surface area contributed by atoms with E-state index < -0.39 is 5.91 Å². The second-order valence-electron chi connectivity index (χ2n) is 7.23. The molecule has 2 aliphatic heterocycles. The number of fused-ring (bicyclic) bond motifs is 2. The van der Waals surface area contributed by atoms with E-state index in [9.17, 15) is 9.59 Å². The van der Waals surface area contributed by atoms with Crippen LogP contribution in [0.1, 0.15) is 48.9 Å². The van der Waals surface area contributed by atoms with Gasteiger partial charge < -0.3 is 9.80 Å². The van der Waals surface area contributed by atoms with Crippen molar-refractivity contribution in [3.8, 4) is 0 Å². The Bertz CT molecular complexity index is 659. The molecule has 2 bridgehead atoms. The molecule has 2 saturated heterocycles. The number of amides is 2. The van der Waals surface area contributed by atoms with Gasteiger partial charge in [-0.15, -0.1) is 0 Å². The van der Waals surface area contributed by atoms with Crippen molar-refractivity contribution in [2.75, 3.05) is 18.0 Å². The van der Waals surface area contributed by atoms with Crippen LogP contribution in [-0.4, -0.2) is 57.1 Å². The number of likely N-dealkylation sites (tertiary alicyclic amines) is 1. The summed E-state index contributed by atoms with van der Waals surface area (Å²) < 4.78 is 0. The zero-order valence-electron chi connectivity index (χ0n) is 14.1. The van der Waals surface area contributed by atoms with Gasteiger partial charge in [0.2, 0.25) is 11.9 Å². The minimum Gasteiger partial charge on any atom is -0.336 e. The molecule has 3 aliphatic rings. The van der Waals surface area contributed by atoms with Crippen LogP contribution in [-0.2, 0) is 4.79 Å². The van der Waals surface area contributed by atoms with E-state index in [1.807, 2.05) is 0 Å². The molecule has 3 heterocycles. The molecule has 8 nitrogen and oxygen atoms in total. The maximum Gasteiger partial charge on any atom is 0.277 e. The number of hydroxylamine groups is 1. The minimum atomic E-state index is -0.626. The maximum atomic E-state index is 12.8. The van der Waals surface area contributed by atoms with E-state index >= 15 is 0 Å². The molecule has 3 fully saturated rings. The average Bonchev–Trinajstić information content (AvgIpc) is 3.28. The Morgan fingerprint density at radius 2 is 1.80 bits per heavy atom. The molecule has 134 valence electrons. The van der Waals surface area contributed by atoms with Gasteiger partial charge in [0, 0.05) is 31.4 Å². The third-order valence-corrected chi connectivity index (χ3v) is 5.74. The van der Waals surface area contributed by atoms with E-state index in [2.05, 4.69) is 19.8 Å². The lowest BCUT2D eigenvalue weighted by Crippen LogP contribution is -2.51. The van der Waals surface area contributed by atoms with Crippen LogP contribution in [0.4, 0.5) is 5.95 Å². The second kappa shape index (κ2) is 6.59. The first-order chi connectivity index (χ1) is 12.2. The molecular formula is C17H23N5O3. The predicted octanol–water partition coefficient (Wildman–Crippen LogP) is 0.965. The summed E-state index contributed by atoms with van der Waals surface area (Å²) in [6, 6.07) is 0.485. The van der Waals surface area contributed by atoms with Gasteiger partial charge in [0.15, 0.2) is 0 Å². The molecular weight excluding hydrogens is 322 g/mol. The highest BCUT2D eigenvalue weighted by atomic mass is 16.5. The Morgan fingerprint density at radius 3 is 2.40 bits per heavy atom. The lowest BCUT2D eigenvalue weighted by atomic mass is 9.88. The Hall–Kier alpha value is -2.22. The second-order valence-corrected chi connectivity index (χ2v) is 7.23. The molecule has 1 aromatic rings. The van der Waals surface area contributed by atoms with Crippen molar-refractivity contribution in [2.45, 2.75) is 50.6 Å². The maximum absolute atomic E-state index is 12.8. The molecule has 2 N–H and O–H groups in total. The monoisotopic (exact) mass is 345 g/mol. The normalized spacial score (nSPS) is 26.1. The van der Waals surface area contributed by atoms with Gasteiger partial charge >= 0.3 is 0 Å². The largest absolute Gasteiger partial charge is 0.336 e. The summed E-state index contributed by atoms with van der Waals surface area (Å²) in [5, 5.41) is 8.64. The molecule has 1 aromatic heterocycles. The third-order valence-electron chi connectivity index (χ3n) is 5.74. The van der Waals surface area contributed by atoms with Crippen molar-refractivity contribution in [1.29, 1.82) is 0 Å². The molecule has 8 heteroatoms. The summed E-state index contributed by atoms with van der Waals surface area (Å²) in [6.07, 6.45) is 9.45. The van der Waals surface area contributed by atoms with Crippen LogP contribution < -0.4 is 10.4 Å².